The standard InChI is InChI=1S/C29H41N3O5S/c1-21-17-32(22(2)20-33)29(34)25-15-10-16-26(30-38(35,36)24-13-8-5-9-14-24)28(25)37-27(21)19-31(3)18-23-11-6-4-7-12-23/h5,8-10,13-16,21-23,27,30,33H,4,6-7,11-12,17-20H2,1-3H3/t21-,22+,27-/m0/s1. The van der Waals surface area contributed by atoms with Crippen LogP contribution in [0.4, 0.5) is 5.69 Å². The Bertz CT molecular complexity index is 1180. The maximum Gasteiger partial charge on any atom is 0.262 e. The topological polar surface area (TPSA) is 99.2 Å². The Morgan fingerprint density at radius 2 is 1.79 bits per heavy atom. The van der Waals surface area contributed by atoms with Crippen molar-refractivity contribution in [2.45, 2.75) is 63.0 Å². The highest BCUT2D eigenvalue weighted by atomic mass is 32.2. The second-order valence-corrected chi connectivity index (χ2v) is 12.6. The summed E-state index contributed by atoms with van der Waals surface area (Å²) in [7, 11) is -1.79. The van der Waals surface area contributed by atoms with Crippen LogP contribution in [0, 0.1) is 11.8 Å². The summed E-state index contributed by atoms with van der Waals surface area (Å²) in [4.78, 5) is 17.8. The lowest BCUT2D eigenvalue weighted by molar-refractivity contribution is 0.0333. The third kappa shape index (κ3) is 6.68. The monoisotopic (exact) mass is 543 g/mol. The Balaban J connectivity index is 1.67. The van der Waals surface area contributed by atoms with E-state index in [0.717, 1.165) is 6.54 Å². The van der Waals surface area contributed by atoms with Crippen LogP contribution >= 0.6 is 0 Å². The van der Waals surface area contributed by atoms with Gasteiger partial charge >= 0.3 is 0 Å². The Morgan fingerprint density at radius 1 is 1.08 bits per heavy atom. The number of anilines is 1. The van der Waals surface area contributed by atoms with Gasteiger partial charge in [-0.2, -0.15) is 0 Å². The third-order valence-electron chi connectivity index (χ3n) is 7.78. The second-order valence-electron chi connectivity index (χ2n) is 10.9. The molecule has 1 aliphatic carbocycles. The van der Waals surface area contributed by atoms with Gasteiger partial charge < -0.3 is 19.6 Å². The number of rotatable bonds is 9. The number of aliphatic hydroxyl groups is 1. The predicted molar refractivity (Wildman–Crippen MR) is 149 cm³/mol. The average molecular weight is 544 g/mol. The van der Waals surface area contributed by atoms with Crippen molar-refractivity contribution >= 4 is 21.6 Å². The number of ether oxygens (including phenoxy) is 1. The van der Waals surface area contributed by atoms with Crippen LogP contribution < -0.4 is 9.46 Å². The Morgan fingerprint density at radius 3 is 2.47 bits per heavy atom. The number of carbonyl (C=O) groups excluding carboxylic acids is 1. The van der Waals surface area contributed by atoms with Gasteiger partial charge in [0.15, 0.2) is 5.75 Å². The summed E-state index contributed by atoms with van der Waals surface area (Å²) < 4.78 is 35.6. The summed E-state index contributed by atoms with van der Waals surface area (Å²) in [5.41, 5.74) is 0.510. The average Bonchev–Trinajstić information content (AvgIpc) is 2.91. The number of nitrogens with zero attached hydrogens (tertiary/aromatic N) is 2. The number of nitrogens with one attached hydrogen (secondary N) is 1. The summed E-state index contributed by atoms with van der Waals surface area (Å²) in [6.45, 7) is 5.76. The molecule has 2 aliphatic rings. The van der Waals surface area contributed by atoms with Gasteiger partial charge in [-0.3, -0.25) is 9.52 Å². The van der Waals surface area contributed by atoms with Gasteiger partial charge in [-0.25, -0.2) is 8.42 Å². The van der Waals surface area contributed by atoms with Crippen molar-refractivity contribution in [3.8, 4) is 5.75 Å². The Hall–Kier alpha value is -2.62. The van der Waals surface area contributed by atoms with Crippen molar-refractivity contribution in [2.24, 2.45) is 11.8 Å². The highest BCUT2D eigenvalue weighted by molar-refractivity contribution is 7.92. The zero-order valence-corrected chi connectivity index (χ0v) is 23.5. The van der Waals surface area contributed by atoms with E-state index in [4.69, 9.17) is 4.74 Å². The van der Waals surface area contributed by atoms with Gasteiger partial charge in [0.25, 0.3) is 15.9 Å². The highest BCUT2D eigenvalue weighted by Gasteiger charge is 2.35. The van der Waals surface area contributed by atoms with Crippen LogP contribution in [0.5, 0.6) is 5.75 Å². The molecule has 1 fully saturated rings. The summed E-state index contributed by atoms with van der Waals surface area (Å²) in [6.07, 6.45) is 6.08. The molecule has 38 heavy (non-hydrogen) atoms. The molecule has 0 spiro atoms. The zero-order chi connectivity index (χ0) is 27.3. The summed E-state index contributed by atoms with van der Waals surface area (Å²) in [6, 6.07) is 12.7. The van der Waals surface area contributed by atoms with Crippen LogP contribution in [-0.4, -0.2) is 74.7 Å². The number of hydrogen-bond donors (Lipinski definition) is 2. The molecule has 1 saturated carbocycles. The van der Waals surface area contributed by atoms with Crippen LogP contribution in [0.2, 0.25) is 0 Å². The lowest BCUT2D eigenvalue weighted by atomic mass is 9.89. The number of amides is 1. The van der Waals surface area contributed by atoms with Crippen LogP contribution in [0.1, 0.15) is 56.3 Å². The molecule has 0 radical (unpaired) electrons. The number of aliphatic hydroxyl groups excluding tert-OH is 1. The van der Waals surface area contributed by atoms with E-state index in [1.165, 1.54) is 44.2 Å². The molecule has 2 aromatic rings. The van der Waals surface area contributed by atoms with E-state index in [-0.39, 0.29) is 52.5 Å². The lowest BCUT2D eigenvalue weighted by Gasteiger charge is -2.39. The number of carbonyl (C=O) groups is 1. The molecule has 2 N–H and O–H groups in total. The van der Waals surface area contributed by atoms with Crippen molar-refractivity contribution in [1.82, 2.24) is 9.80 Å². The molecule has 9 heteroatoms. The maximum absolute atomic E-state index is 13.7. The number of fused-ring (bicyclic) bond motifs is 1. The van der Waals surface area contributed by atoms with E-state index in [1.807, 2.05) is 13.8 Å². The van der Waals surface area contributed by atoms with Gasteiger partial charge in [0, 0.05) is 25.6 Å². The number of para-hydroxylation sites is 1. The van der Waals surface area contributed by atoms with E-state index < -0.39 is 10.0 Å². The first-order valence-corrected chi connectivity index (χ1v) is 15.2. The van der Waals surface area contributed by atoms with Crippen LogP contribution in [-0.2, 0) is 10.0 Å². The van der Waals surface area contributed by atoms with Crippen molar-refractivity contribution in [3.63, 3.8) is 0 Å². The Kier molecular flexibility index (Phi) is 9.33. The number of sulfonamides is 1. The number of likely N-dealkylation sites (N-methyl/N-ethyl adjacent to an activating group) is 1. The van der Waals surface area contributed by atoms with Gasteiger partial charge in [-0.1, -0.05) is 50.5 Å². The minimum Gasteiger partial charge on any atom is -0.486 e. The molecular formula is C29H41N3O5S. The first kappa shape index (κ1) is 28.4. The number of benzene rings is 2. The second kappa shape index (κ2) is 12.5. The molecule has 1 aliphatic heterocycles. The molecular weight excluding hydrogens is 502 g/mol. The van der Waals surface area contributed by atoms with E-state index >= 15 is 0 Å². The summed E-state index contributed by atoms with van der Waals surface area (Å²) >= 11 is 0. The van der Waals surface area contributed by atoms with Gasteiger partial charge in [0.05, 0.1) is 28.8 Å². The third-order valence-corrected chi connectivity index (χ3v) is 9.16. The quantitative estimate of drug-likeness (QED) is 0.491. The van der Waals surface area contributed by atoms with Gasteiger partial charge in [0.2, 0.25) is 0 Å². The molecule has 0 aromatic heterocycles. The largest absolute Gasteiger partial charge is 0.486 e. The molecule has 1 heterocycles. The fourth-order valence-electron chi connectivity index (χ4n) is 5.54. The van der Waals surface area contributed by atoms with Crippen molar-refractivity contribution in [1.29, 1.82) is 0 Å². The van der Waals surface area contributed by atoms with Crippen LogP contribution in [0.25, 0.3) is 0 Å². The number of hydrogen-bond acceptors (Lipinski definition) is 6. The molecule has 0 unspecified atom stereocenters. The molecule has 2 aromatic carbocycles. The molecule has 1 amide bonds. The van der Waals surface area contributed by atoms with Crippen LogP contribution in [0.15, 0.2) is 53.4 Å². The van der Waals surface area contributed by atoms with E-state index in [1.54, 1.807) is 41.3 Å². The van der Waals surface area contributed by atoms with Crippen molar-refractivity contribution in [3.05, 3.63) is 54.1 Å². The normalized spacial score (nSPS) is 21.8. The molecule has 208 valence electrons. The lowest BCUT2D eigenvalue weighted by Crippen LogP contribution is -2.50. The van der Waals surface area contributed by atoms with Crippen molar-refractivity contribution in [2.75, 3.05) is 38.0 Å². The highest BCUT2D eigenvalue weighted by Crippen LogP contribution is 2.36. The molecule has 0 bridgehead atoms. The van der Waals surface area contributed by atoms with E-state index in [2.05, 4.69) is 16.7 Å². The Labute approximate surface area is 227 Å². The fraction of sp³-hybridized carbons (Fsp3) is 0.552. The van der Waals surface area contributed by atoms with Gasteiger partial charge in [0.1, 0.15) is 6.10 Å². The minimum atomic E-state index is -3.90. The maximum atomic E-state index is 13.7. The van der Waals surface area contributed by atoms with Gasteiger partial charge in [-0.15, -0.1) is 0 Å². The SMILES string of the molecule is C[C@H](CO)N1C[C@H](C)[C@H](CN(C)CC2CCCCC2)Oc2c(NS(=O)(=O)c3ccccc3)cccc2C1=O. The molecule has 8 nitrogen and oxygen atoms in total. The van der Waals surface area contributed by atoms with E-state index in [0.29, 0.717) is 19.0 Å². The van der Waals surface area contributed by atoms with Crippen molar-refractivity contribution < 1.29 is 23.1 Å². The van der Waals surface area contributed by atoms with E-state index in [9.17, 15) is 18.3 Å². The molecule has 0 saturated heterocycles. The predicted octanol–water partition coefficient (Wildman–Crippen LogP) is 4.22. The first-order chi connectivity index (χ1) is 18.2. The smallest absolute Gasteiger partial charge is 0.262 e. The summed E-state index contributed by atoms with van der Waals surface area (Å²) in [5.74, 6) is 0.567. The fourth-order valence-corrected chi connectivity index (χ4v) is 6.62. The molecule has 4 rings (SSSR count). The summed E-state index contributed by atoms with van der Waals surface area (Å²) in [5, 5.41) is 9.90. The minimum absolute atomic E-state index is 0.0475. The van der Waals surface area contributed by atoms with Crippen LogP contribution in [0.3, 0.4) is 0 Å². The molecule has 3 atom stereocenters. The van der Waals surface area contributed by atoms with Gasteiger partial charge in [-0.05, 0) is 57.0 Å². The zero-order valence-electron chi connectivity index (χ0n) is 22.7. The first-order valence-electron chi connectivity index (χ1n) is 13.7.